The molecule has 1 heterocycles. The van der Waals surface area contributed by atoms with E-state index in [1.807, 2.05) is 12.1 Å². The van der Waals surface area contributed by atoms with E-state index >= 15 is 0 Å². The van der Waals surface area contributed by atoms with Crippen LogP contribution in [0.4, 0.5) is 5.69 Å². The molecule has 1 saturated heterocycles. The summed E-state index contributed by atoms with van der Waals surface area (Å²) >= 11 is 0. The summed E-state index contributed by atoms with van der Waals surface area (Å²) in [6.45, 7) is 3.39. The number of carbonyl (C=O) groups excluding carboxylic acids is 3. The highest BCUT2D eigenvalue weighted by Crippen LogP contribution is 2.10. The number of benzene rings is 2. The number of hydroxylamine groups is 1. The first-order valence-electron chi connectivity index (χ1n) is 11.7. The number of hydrogen-bond acceptors (Lipinski definition) is 7. The Morgan fingerprint density at radius 1 is 1.06 bits per heavy atom. The Morgan fingerprint density at radius 2 is 1.69 bits per heavy atom. The second kappa shape index (κ2) is 13.4. The summed E-state index contributed by atoms with van der Waals surface area (Å²) in [6, 6.07) is 12.7. The summed E-state index contributed by atoms with van der Waals surface area (Å²) in [5, 5.41) is 30.2. The number of anilines is 1. The van der Waals surface area contributed by atoms with E-state index in [4.69, 9.17) is 5.21 Å². The highest BCUT2D eigenvalue weighted by molar-refractivity contribution is 5.97. The average molecular weight is 494 g/mol. The fourth-order valence-corrected chi connectivity index (χ4v) is 3.68. The molecule has 3 atom stereocenters. The monoisotopic (exact) mass is 493 g/mol. The first-order valence-corrected chi connectivity index (χ1v) is 11.7. The maximum Gasteiger partial charge on any atom is 0.268 e. The molecular weight excluding hydrogens is 462 g/mol. The summed E-state index contributed by atoms with van der Waals surface area (Å²) in [5.41, 5.74) is 3.81. The van der Waals surface area contributed by atoms with Gasteiger partial charge in [0.25, 0.3) is 11.8 Å². The summed E-state index contributed by atoms with van der Waals surface area (Å²) < 4.78 is 0. The SMILES string of the molecule is C[C@@H](O)[C@H](NC(=O)c1ccc(C#Cc2ccc(NC(=O)CNC[C@H]3CCCN3)cc2)cc1)C(=O)NO. The van der Waals surface area contributed by atoms with Gasteiger partial charge < -0.3 is 26.4 Å². The van der Waals surface area contributed by atoms with E-state index in [0.717, 1.165) is 25.1 Å². The Balaban J connectivity index is 1.49. The van der Waals surface area contributed by atoms with Gasteiger partial charge in [-0.15, -0.1) is 0 Å². The first kappa shape index (κ1) is 26.8. The molecule has 0 aliphatic carbocycles. The Morgan fingerprint density at radius 3 is 2.25 bits per heavy atom. The van der Waals surface area contributed by atoms with E-state index in [-0.39, 0.29) is 18.0 Å². The minimum absolute atomic E-state index is 0.104. The molecule has 10 heteroatoms. The second-order valence-corrected chi connectivity index (χ2v) is 8.54. The van der Waals surface area contributed by atoms with Crippen molar-refractivity contribution in [1.82, 2.24) is 21.4 Å². The molecule has 0 spiro atoms. The van der Waals surface area contributed by atoms with Gasteiger partial charge in [-0.3, -0.25) is 19.6 Å². The quantitative estimate of drug-likeness (QED) is 0.151. The van der Waals surface area contributed by atoms with Crippen LogP contribution in [0.15, 0.2) is 48.5 Å². The maximum atomic E-state index is 12.3. The molecule has 0 bridgehead atoms. The van der Waals surface area contributed by atoms with Crippen LogP contribution in [0, 0.1) is 11.8 Å². The first-order chi connectivity index (χ1) is 17.4. The van der Waals surface area contributed by atoms with Crippen molar-refractivity contribution in [2.75, 3.05) is 25.0 Å². The summed E-state index contributed by atoms with van der Waals surface area (Å²) in [7, 11) is 0. The van der Waals surface area contributed by atoms with Gasteiger partial charge in [-0.2, -0.15) is 0 Å². The van der Waals surface area contributed by atoms with Gasteiger partial charge in [0.1, 0.15) is 6.04 Å². The smallest absolute Gasteiger partial charge is 0.268 e. The van der Waals surface area contributed by atoms with E-state index in [2.05, 4.69) is 33.1 Å². The van der Waals surface area contributed by atoms with Crippen LogP contribution < -0.4 is 26.7 Å². The zero-order valence-corrected chi connectivity index (χ0v) is 20.0. The van der Waals surface area contributed by atoms with Crippen molar-refractivity contribution in [1.29, 1.82) is 0 Å². The van der Waals surface area contributed by atoms with Crippen LogP contribution in [0.1, 0.15) is 41.3 Å². The summed E-state index contributed by atoms with van der Waals surface area (Å²) in [5.74, 6) is 4.44. The predicted molar refractivity (Wildman–Crippen MR) is 134 cm³/mol. The van der Waals surface area contributed by atoms with E-state index in [0.29, 0.717) is 17.3 Å². The molecule has 3 amide bonds. The molecule has 36 heavy (non-hydrogen) atoms. The van der Waals surface area contributed by atoms with E-state index in [9.17, 15) is 19.5 Å². The summed E-state index contributed by atoms with van der Waals surface area (Å²) in [4.78, 5) is 36.0. The van der Waals surface area contributed by atoms with Gasteiger partial charge in [0.15, 0.2) is 0 Å². The van der Waals surface area contributed by atoms with Crippen LogP contribution in [-0.2, 0) is 9.59 Å². The fraction of sp³-hybridized carbons (Fsp3) is 0.346. The third kappa shape index (κ3) is 8.18. The normalized spacial score (nSPS) is 16.2. The van der Waals surface area contributed by atoms with Gasteiger partial charge in [0.2, 0.25) is 5.91 Å². The molecule has 2 aromatic rings. The minimum Gasteiger partial charge on any atom is -0.391 e. The number of aliphatic hydroxyl groups is 1. The largest absolute Gasteiger partial charge is 0.391 e. The van der Waals surface area contributed by atoms with Gasteiger partial charge in [0, 0.05) is 35.0 Å². The number of aliphatic hydroxyl groups excluding tert-OH is 1. The van der Waals surface area contributed by atoms with Crippen LogP contribution in [0.5, 0.6) is 0 Å². The molecule has 190 valence electrons. The minimum atomic E-state index is -1.29. The molecule has 0 saturated carbocycles. The Labute approximate surface area is 209 Å². The van der Waals surface area contributed by atoms with Gasteiger partial charge >= 0.3 is 0 Å². The third-order valence-corrected chi connectivity index (χ3v) is 5.67. The lowest BCUT2D eigenvalue weighted by atomic mass is 10.1. The van der Waals surface area contributed by atoms with E-state index < -0.39 is 24.0 Å². The van der Waals surface area contributed by atoms with Crippen LogP contribution in [-0.4, -0.2) is 65.9 Å². The van der Waals surface area contributed by atoms with Crippen molar-refractivity contribution >= 4 is 23.4 Å². The highest BCUT2D eigenvalue weighted by atomic mass is 16.5. The maximum absolute atomic E-state index is 12.3. The molecule has 0 unspecified atom stereocenters. The van der Waals surface area contributed by atoms with Crippen molar-refractivity contribution in [3.8, 4) is 11.8 Å². The van der Waals surface area contributed by atoms with Crippen molar-refractivity contribution in [2.24, 2.45) is 0 Å². The van der Waals surface area contributed by atoms with E-state index in [1.54, 1.807) is 36.4 Å². The molecule has 0 radical (unpaired) electrons. The lowest BCUT2D eigenvalue weighted by Crippen LogP contribution is -2.51. The lowest BCUT2D eigenvalue weighted by molar-refractivity contribution is -0.133. The molecule has 0 aromatic heterocycles. The summed E-state index contributed by atoms with van der Waals surface area (Å²) in [6.07, 6.45) is 1.11. The Hall–Kier alpha value is -3.75. The molecule has 1 aliphatic heterocycles. The van der Waals surface area contributed by atoms with Crippen molar-refractivity contribution in [3.63, 3.8) is 0 Å². The lowest BCUT2D eigenvalue weighted by Gasteiger charge is -2.19. The number of amides is 3. The number of nitrogens with one attached hydrogen (secondary N) is 5. The molecule has 10 nitrogen and oxygen atoms in total. The Bertz CT molecular complexity index is 1100. The Kier molecular flexibility index (Phi) is 9.97. The van der Waals surface area contributed by atoms with Crippen LogP contribution in [0.3, 0.4) is 0 Å². The average Bonchev–Trinajstić information content (AvgIpc) is 3.40. The van der Waals surface area contributed by atoms with Crippen LogP contribution in [0.25, 0.3) is 0 Å². The van der Waals surface area contributed by atoms with Gasteiger partial charge in [-0.05, 0) is 74.8 Å². The van der Waals surface area contributed by atoms with Crippen molar-refractivity contribution in [3.05, 3.63) is 65.2 Å². The predicted octanol–water partition coefficient (Wildman–Crippen LogP) is 0.351. The number of carbonyl (C=O) groups is 3. The third-order valence-electron chi connectivity index (χ3n) is 5.67. The molecule has 7 N–H and O–H groups in total. The molecule has 1 fully saturated rings. The van der Waals surface area contributed by atoms with Gasteiger partial charge in [-0.25, -0.2) is 5.48 Å². The molecular formula is C26H31N5O5. The zero-order valence-electron chi connectivity index (χ0n) is 20.0. The second-order valence-electron chi connectivity index (χ2n) is 8.54. The molecule has 1 aliphatic rings. The molecule has 3 rings (SSSR count). The number of hydrogen-bond donors (Lipinski definition) is 7. The molecule has 2 aromatic carbocycles. The van der Waals surface area contributed by atoms with Gasteiger partial charge in [0.05, 0.1) is 12.6 Å². The van der Waals surface area contributed by atoms with Crippen LogP contribution >= 0.6 is 0 Å². The van der Waals surface area contributed by atoms with Crippen LogP contribution in [0.2, 0.25) is 0 Å². The van der Waals surface area contributed by atoms with Crippen molar-refractivity contribution < 1.29 is 24.7 Å². The standard InChI is InChI=1S/C26H31N5O5/c1-17(32)24(26(35)31-36)30-25(34)20-10-6-18(7-11-20)4-5-19-8-12-21(13-9-19)29-23(33)16-27-15-22-3-2-14-28-22/h6-13,17,22,24,27-28,32,36H,2-3,14-16H2,1H3,(H,29,33)(H,30,34)(H,31,35)/t17-,22-,24+/m1/s1. The van der Waals surface area contributed by atoms with E-state index in [1.165, 1.54) is 18.8 Å². The van der Waals surface area contributed by atoms with Crippen molar-refractivity contribution in [2.45, 2.75) is 38.0 Å². The topological polar surface area (TPSA) is 152 Å². The number of rotatable bonds is 9. The zero-order chi connectivity index (χ0) is 25.9. The highest BCUT2D eigenvalue weighted by Gasteiger charge is 2.25. The fourth-order valence-electron chi connectivity index (χ4n) is 3.68. The van der Waals surface area contributed by atoms with Gasteiger partial charge in [-0.1, -0.05) is 11.8 Å².